The molecule has 0 fully saturated rings. The van der Waals surface area contributed by atoms with Gasteiger partial charge in [-0.05, 0) is 37.0 Å². The lowest BCUT2D eigenvalue weighted by Gasteiger charge is -2.18. The monoisotopic (exact) mass is 226 g/mol. The fraction of sp³-hybridized carbons (Fsp3) is 0.308. The molecule has 4 nitrogen and oxygen atoms in total. The molecule has 3 rings (SSSR count). The standard InChI is InChI=1S/C13H14N4/c1-2-15-13-16-7-10-4-3-9-5-6-14-8-11(9)12(10)17-13/h5-8H,2-4H2,1H3,(H,15,16,17). The van der Waals surface area contributed by atoms with Crippen LogP contribution >= 0.6 is 0 Å². The van der Waals surface area contributed by atoms with E-state index in [2.05, 4.69) is 26.3 Å². The molecule has 0 aromatic carbocycles. The van der Waals surface area contributed by atoms with Gasteiger partial charge in [-0.15, -0.1) is 0 Å². The molecular formula is C13H14N4. The van der Waals surface area contributed by atoms with Gasteiger partial charge >= 0.3 is 0 Å². The molecule has 2 aromatic rings. The van der Waals surface area contributed by atoms with Crippen molar-refractivity contribution in [2.75, 3.05) is 11.9 Å². The van der Waals surface area contributed by atoms with Gasteiger partial charge in [0.15, 0.2) is 0 Å². The minimum Gasteiger partial charge on any atom is -0.354 e. The first kappa shape index (κ1) is 10.2. The number of hydrogen-bond acceptors (Lipinski definition) is 4. The van der Waals surface area contributed by atoms with Crippen molar-refractivity contribution in [3.63, 3.8) is 0 Å². The van der Waals surface area contributed by atoms with Gasteiger partial charge in [0.25, 0.3) is 0 Å². The molecule has 1 N–H and O–H groups in total. The summed E-state index contributed by atoms with van der Waals surface area (Å²) in [7, 11) is 0. The highest BCUT2D eigenvalue weighted by molar-refractivity contribution is 5.69. The third-order valence-corrected chi connectivity index (χ3v) is 3.03. The molecule has 2 aromatic heterocycles. The quantitative estimate of drug-likeness (QED) is 0.851. The van der Waals surface area contributed by atoms with Gasteiger partial charge < -0.3 is 5.32 Å². The average Bonchev–Trinajstić information content (AvgIpc) is 2.39. The fourth-order valence-corrected chi connectivity index (χ4v) is 2.19. The molecule has 0 atom stereocenters. The summed E-state index contributed by atoms with van der Waals surface area (Å²) in [6, 6.07) is 2.08. The molecule has 0 amide bonds. The molecule has 17 heavy (non-hydrogen) atoms. The van der Waals surface area contributed by atoms with Gasteiger partial charge in [-0.3, -0.25) is 4.98 Å². The Kier molecular flexibility index (Phi) is 2.48. The molecule has 0 unspecified atom stereocenters. The van der Waals surface area contributed by atoms with E-state index in [9.17, 15) is 0 Å². The predicted octanol–water partition coefficient (Wildman–Crippen LogP) is 2.07. The Morgan fingerprint density at radius 3 is 3.00 bits per heavy atom. The van der Waals surface area contributed by atoms with Crippen molar-refractivity contribution < 1.29 is 0 Å². The Bertz CT molecular complexity index is 551. The molecule has 0 bridgehead atoms. The number of nitrogens with zero attached hydrogens (tertiary/aromatic N) is 3. The van der Waals surface area contributed by atoms with Crippen LogP contribution in [0.1, 0.15) is 18.1 Å². The lowest BCUT2D eigenvalue weighted by atomic mass is 9.91. The summed E-state index contributed by atoms with van der Waals surface area (Å²) >= 11 is 0. The van der Waals surface area contributed by atoms with Crippen LogP contribution in [0.2, 0.25) is 0 Å². The third kappa shape index (κ3) is 1.75. The van der Waals surface area contributed by atoms with Crippen LogP contribution < -0.4 is 5.32 Å². The number of pyridine rings is 1. The molecule has 86 valence electrons. The Morgan fingerprint density at radius 1 is 1.24 bits per heavy atom. The van der Waals surface area contributed by atoms with Crippen molar-refractivity contribution in [1.29, 1.82) is 0 Å². The van der Waals surface area contributed by atoms with Crippen molar-refractivity contribution in [1.82, 2.24) is 15.0 Å². The summed E-state index contributed by atoms with van der Waals surface area (Å²) < 4.78 is 0. The summed E-state index contributed by atoms with van der Waals surface area (Å²) in [4.78, 5) is 13.1. The van der Waals surface area contributed by atoms with E-state index in [1.165, 1.54) is 11.1 Å². The first-order valence-corrected chi connectivity index (χ1v) is 5.91. The van der Waals surface area contributed by atoms with Crippen LogP contribution in [0.15, 0.2) is 24.7 Å². The second-order valence-electron chi connectivity index (χ2n) is 4.13. The van der Waals surface area contributed by atoms with Crippen LogP contribution in [-0.2, 0) is 12.8 Å². The van der Waals surface area contributed by atoms with Crippen molar-refractivity contribution in [3.05, 3.63) is 35.8 Å². The smallest absolute Gasteiger partial charge is 0.223 e. The van der Waals surface area contributed by atoms with Gasteiger partial charge in [-0.1, -0.05) is 0 Å². The van der Waals surface area contributed by atoms with Crippen molar-refractivity contribution in [3.8, 4) is 11.3 Å². The number of fused-ring (bicyclic) bond motifs is 3. The van der Waals surface area contributed by atoms with E-state index in [1.807, 2.05) is 25.5 Å². The normalized spacial score (nSPS) is 12.8. The van der Waals surface area contributed by atoms with E-state index in [4.69, 9.17) is 0 Å². The summed E-state index contributed by atoms with van der Waals surface area (Å²) in [5.41, 5.74) is 4.72. The maximum Gasteiger partial charge on any atom is 0.223 e. The van der Waals surface area contributed by atoms with Crippen LogP contribution in [0.4, 0.5) is 5.95 Å². The zero-order valence-corrected chi connectivity index (χ0v) is 9.77. The van der Waals surface area contributed by atoms with E-state index >= 15 is 0 Å². The second kappa shape index (κ2) is 4.13. The van der Waals surface area contributed by atoms with Gasteiger partial charge in [-0.2, -0.15) is 0 Å². The molecule has 0 spiro atoms. The van der Waals surface area contributed by atoms with Crippen LogP contribution in [0.25, 0.3) is 11.3 Å². The second-order valence-corrected chi connectivity index (χ2v) is 4.13. The predicted molar refractivity (Wildman–Crippen MR) is 66.8 cm³/mol. The van der Waals surface area contributed by atoms with Gasteiger partial charge in [0.1, 0.15) is 0 Å². The maximum atomic E-state index is 4.58. The van der Waals surface area contributed by atoms with Gasteiger partial charge in [0, 0.05) is 30.7 Å². The third-order valence-electron chi connectivity index (χ3n) is 3.03. The Balaban J connectivity index is 2.12. The maximum absolute atomic E-state index is 4.58. The van der Waals surface area contributed by atoms with Gasteiger partial charge in [0.05, 0.1) is 5.69 Å². The molecule has 2 heterocycles. The van der Waals surface area contributed by atoms with Crippen molar-refractivity contribution in [2.45, 2.75) is 19.8 Å². The highest BCUT2D eigenvalue weighted by Crippen LogP contribution is 2.31. The van der Waals surface area contributed by atoms with E-state index in [0.29, 0.717) is 5.95 Å². The Hall–Kier alpha value is -1.97. The van der Waals surface area contributed by atoms with Crippen LogP contribution in [0.3, 0.4) is 0 Å². The SMILES string of the molecule is CCNc1ncc2c(n1)-c1cnccc1CC2. The first-order chi connectivity index (χ1) is 8.38. The lowest BCUT2D eigenvalue weighted by molar-refractivity contribution is 0.904. The highest BCUT2D eigenvalue weighted by atomic mass is 15.1. The summed E-state index contributed by atoms with van der Waals surface area (Å²) in [5, 5.41) is 3.15. The molecule has 0 saturated heterocycles. The van der Waals surface area contributed by atoms with Crippen molar-refractivity contribution in [2.24, 2.45) is 0 Å². The number of hydrogen-bond donors (Lipinski definition) is 1. The number of anilines is 1. The van der Waals surface area contributed by atoms with Gasteiger partial charge in [0.2, 0.25) is 5.95 Å². The summed E-state index contributed by atoms with van der Waals surface area (Å²) in [5.74, 6) is 0.697. The number of aryl methyl sites for hydroxylation is 2. The zero-order valence-electron chi connectivity index (χ0n) is 9.77. The van der Waals surface area contributed by atoms with E-state index in [-0.39, 0.29) is 0 Å². The van der Waals surface area contributed by atoms with E-state index < -0.39 is 0 Å². The van der Waals surface area contributed by atoms with Crippen LogP contribution in [0, 0.1) is 0 Å². The molecule has 4 heteroatoms. The minimum atomic E-state index is 0.697. The molecule has 0 radical (unpaired) electrons. The lowest BCUT2D eigenvalue weighted by Crippen LogP contribution is -2.10. The molecule has 0 saturated carbocycles. The topological polar surface area (TPSA) is 50.7 Å². The largest absolute Gasteiger partial charge is 0.354 e. The molecule has 1 aliphatic carbocycles. The Morgan fingerprint density at radius 2 is 2.12 bits per heavy atom. The number of nitrogens with one attached hydrogen (secondary N) is 1. The minimum absolute atomic E-state index is 0.697. The fourth-order valence-electron chi connectivity index (χ4n) is 2.19. The molecular weight excluding hydrogens is 212 g/mol. The highest BCUT2D eigenvalue weighted by Gasteiger charge is 2.18. The Labute approximate surface area is 100 Å². The summed E-state index contributed by atoms with van der Waals surface area (Å²) in [6.45, 7) is 2.87. The number of rotatable bonds is 2. The zero-order chi connectivity index (χ0) is 11.7. The van der Waals surface area contributed by atoms with Gasteiger partial charge in [-0.25, -0.2) is 9.97 Å². The van der Waals surface area contributed by atoms with Crippen LogP contribution in [-0.4, -0.2) is 21.5 Å². The molecule has 1 aliphatic rings. The molecule has 0 aliphatic heterocycles. The first-order valence-electron chi connectivity index (χ1n) is 5.91. The summed E-state index contributed by atoms with van der Waals surface area (Å²) in [6.07, 6.45) is 7.73. The van der Waals surface area contributed by atoms with E-state index in [1.54, 1.807) is 0 Å². The average molecular weight is 226 g/mol. The van der Waals surface area contributed by atoms with Crippen LogP contribution in [0.5, 0.6) is 0 Å². The van der Waals surface area contributed by atoms with Crippen molar-refractivity contribution >= 4 is 5.95 Å². The number of aromatic nitrogens is 3. The van der Waals surface area contributed by atoms with E-state index in [0.717, 1.165) is 30.6 Å².